The first-order chi connectivity index (χ1) is 15.0. The highest BCUT2D eigenvalue weighted by atomic mass is 32.1. The van der Waals surface area contributed by atoms with Gasteiger partial charge in [-0.15, -0.1) is 11.3 Å². The van der Waals surface area contributed by atoms with Crippen LogP contribution in [0.5, 0.6) is 0 Å². The Kier molecular flexibility index (Phi) is 6.13. The maximum atomic E-state index is 12.2. The van der Waals surface area contributed by atoms with E-state index in [1.54, 1.807) is 6.20 Å². The molecule has 31 heavy (non-hydrogen) atoms. The van der Waals surface area contributed by atoms with Crippen molar-refractivity contribution in [3.63, 3.8) is 0 Å². The molecule has 3 aromatic rings. The van der Waals surface area contributed by atoms with E-state index in [1.807, 2.05) is 30.3 Å². The molecule has 0 fully saturated rings. The van der Waals surface area contributed by atoms with Gasteiger partial charge in [-0.25, -0.2) is 4.98 Å². The highest BCUT2D eigenvalue weighted by molar-refractivity contribution is 7.17. The van der Waals surface area contributed by atoms with Crippen molar-refractivity contribution in [1.29, 1.82) is 0 Å². The van der Waals surface area contributed by atoms with Crippen molar-refractivity contribution in [2.75, 3.05) is 11.9 Å². The number of nitrogens with zero attached hydrogens (tertiary/aromatic N) is 1. The van der Waals surface area contributed by atoms with Gasteiger partial charge in [-0.2, -0.15) is 0 Å². The van der Waals surface area contributed by atoms with Crippen LogP contribution in [0.15, 0.2) is 40.9 Å². The van der Waals surface area contributed by atoms with E-state index in [9.17, 15) is 14.4 Å². The fraction of sp³-hybridized carbons (Fsp3) is 0.273. The van der Waals surface area contributed by atoms with E-state index in [0.717, 1.165) is 35.3 Å². The van der Waals surface area contributed by atoms with Crippen molar-refractivity contribution < 1.29 is 23.5 Å². The molecule has 1 aliphatic rings. The number of ether oxygens (including phenoxy) is 1. The molecule has 9 heteroatoms. The smallest absolute Gasteiger partial charge is 0.306 e. The molecule has 0 saturated carbocycles. The molecular formula is C22H21N3O5S. The van der Waals surface area contributed by atoms with Crippen LogP contribution in [-0.2, 0) is 33.6 Å². The van der Waals surface area contributed by atoms with E-state index in [1.165, 1.54) is 11.3 Å². The number of benzene rings is 1. The Morgan fingerprint density at radius 2 is 2.00 bits per heavy atom. The SMILES string of the molecule is NC(=O)c1c(NC(=O)COC(=O)CCc2ncc(-c3ccccc3)o2)sc2c1CCC2. The van der Waals surface area contributed by atoms with Crippen molar-refractivity contribution in [2.24, 2.45) is 5.73 Å². The summed E-state index contributed by atoms with van der Waals surface area (Å²) in [4.78, 5) is 41.2. The minimum Gasteiger partial charge on any atom is -0.456 e. The Morgan fingerprint density at radius 3 is 2.77 bits per heavy atom. The second-order valence-corrected chi connectivity index (χ2v) is 8.22. The van der Waals surface area contributed by atoms with Crippen LogP contribution in [0.4, 0.5) is 5.00 Å². The van der Waals surface area contributed by atoms with Gasteiger partial charge in [0.15, 0.2) is 18.3 Å². The van der Waals surface area contributed by atoms with Crippen LogP contribution in [0.25, 0.3) is 11.3 Å². The number of nitrogens with two attached hydrogens (primary N) is 1. The molecule has 0 spiro atoms. The lowest BCUT2D eigenvalue weighted by molar-refractivity contribution is -0.147. The predicted molar refractivity (Wildman–Crippen MR) is 115 cm³/mol. The average molecular weight is 439 g/mol. The number of rotatable bonds is 8. The second kappa shape index (κ2) is 9.13. The quantitative estimate of drug-likeness (QED) is 0.520. The summed E-state index contributed by atoms with van der Waals surface area (Å²) in [5.41, 5.74) is 7.67. The van der Waals surface area contributed by atoms with E-state index < -0.39 is 24.4 Å². The molecule has 160 valence electrons. The molecular weight excluding hydrogens is 418 g/mol. The first-order valence-corrected chi connectivity index (χ1v) is 10.7. The summed E-state index contributed by atoms with van der Waals surface area (Å²) in [6.45, 7) is -0.444. The zero-order valence-corrected chi connectivity index (χ0v) is 17.5. The standard InChI is InChI=1S/C22H21N3O5S/c23-21(28)20-14-7-4-8-16(14)31-22(20)25-17(26)12-29-19(27)10-9-18-24-11-15(30-18)13-5-2-1-3-6-13/h1-3,5-6,11H,4,7-10,12H2,(H2,23,28)(H,25,26). The summed E-state index contributed by atoms with van der Waals surface area (Å²) in [6, 6.07) is 9.52. The van der Waals surface area contributed by atoms with Gasteiger partial charge in [0.05, 0.1) is 18.2 Å². The molecule has 2 aromatic heterocycles. The van der Waals surface area contributed by atoms with E-state index in [-0.39, 0.29) is 12.8 Å². The van der Waals surface area contributed by atoms with Crippen LogP contribution in [0.2, 0.25) is 0 Å². The van der Waals surface area contributed by atoms with Crippen LogP contribution in [0.3, 0.4) is 0 Å². The molecule has 8 nitrogen and oxygen atoms in total. The number of esters is 1. The third-order valence-electron chi connectivity index (χ3n) is 4.94. The summed E-state index contributed by atoms with van der Waals surface area (Å²) in [6.07, 6.45) is 4.53. The van der Waals surface area contributed by atoms with Crippen molar-refractivity contribution in [3.8, 4) is 11.3 Å². The highest BCUT2D eigenvalue weighted by Gasteiger charge is 2.26. The van der Waals surface area contributed by atoms with Crippen LogP contribution in [-0.4, -0.2) is 29.4 Å². The Labute approximate surface area is 182 Å². The van der Waals surface area contributed by atoms with E-state index in [0.29, 0.717) is 22.2 Å². The van der Waals surface area contributed by atoms with Crippen molar-refractivity contribution in [1.82, 2.24) is 4.98 Å². The minimum absolute atomic E-state index is 0.0296. The fourth-order valence-electron chi connectivity index (χ4n) is 3.50. The Bertz CT molecular complexity index is 1120. The normalized spacial score (nSPS) is 12.4. The van der Waals surface area contributed by atoms with Crippen LogP contribution < -0.4 is 11.1 Å². The second-order valence-electron chi connectivity index (χ2n) is 7.12. The topological polar surface area (TPSA) is 125 Å². The van der Waals surface area contributed by atoms with Gasteiger partial charge in [-0.1, -0.05) is 30.3 Å². The number of fused-ring (bicyclic) bond motifs is 1. The molecule has 0 radical (unpaired) electrons. The molecule has 1 aromatic carbocycles. The first kappa shape index (κ1) is 20.8. The molecule has 0 bridgehead atoms. The lowest BCUT2D eigenvalue weighted by atomic mass is 10.1. The molecule has 2 amide bonds. The molecule has 0 saturated heterocycles. The number of nitrogens with one attached hydrogen (secondary N) is 1. The lowest BCUT2D eigenvalue weighted by Crippen LogP contribution is -2.22. The molecule has 3 N–H and O–H groups in total. The zero-order valence-electron chi connectivity index (χ0n) is 16.7. The van der Waals surface area contributed by atoms with Crippen LogP contribution in [0, 0.1) is 0 Å². The highest BCUT2D eigenvalue weighted by Crippen LogP contribution is 2.38. The Hall–Kier alpha value is -3.46. The molecule has 0 aliphatic heterocycles. The number of thiophene rings is 1. The van der Waals surface area contributed by atoms with Gasteiger partial charge in [0, 0.05) is 16.9 Å². The number of anilines is 1. The van der Waals surface area contributed by atoms with Gasteiger partial charge in [0.2, 0.25) is 0 Å². The van der Waals surface area contributed by atoms with Gasteiger partial charge in [-0.3, -0.25) is 14.4 Å². The maximum absolute atomic E-state index is 12.2. The zero-order chi connectivity index (χ0) is 21.8. The summed E-state index contributed by atoms with van der Waals surface area (Å²) in [5.74, 6) is -0.583. The number of oxazole rings is 1. The number of carbonyl (C=O) groups is 3. The summed E-state index contributed by atoms with van der Waals surface area (Å²) < 4.78 is 10.7. The first-order valence-electron chi connectivity index (χ1n) is 9.91. The number of primary amides is 1. The molecule has 0 atom stereocenters. The third kappa shape index (κ3) is 4.83. The van der Waals surface area contributed by atoms with Gasteiger partial charge in [-0.05, 0) is 24.8 Å². The number of amides is 2. The predicted octanol–water partition coefficient (Wildman–Crippen LogP) is 3.11. The van der Waals surface area contributed by atoms with Crippen molar-refractivity contribution >= 4 is 34.1 Å². The number of hydrogen-bond acceptors (Lipinski definition) is 7. The summed E-state index contributed by atoms with van der Waals surface area (Å²) in [5, 5.41) is 3.07. The van der Waals surface area contributed by atoms with Crippen LogP contribution >= 0.6 is 11.3 Å². The van der Waals surface area contributed by atoms with Gasteiger partial charge in [0.25, 0.3) is 11.8 Å². The Balaban J connectivity index is 1.26. The van der Waals surface area contributed by atoms with E-state index >= 15 is 0 Å². The fourth-order valence-corrected chi connectivity index (χ4v) is 4.82. The average Bonchev–Trinajstić information content (AvgIpc) is 3.47. The molecule has 1 aliphatic carbocycles. The monoisotopic (exact) mass is 439 g/mol. The maximum Gasteiger partial charge on any atom is 0.306 e. The van der Waals surface area contributed by atoms with Crippen LogP contribution in [0.1, 0.15) is 39.5 Å². The molecule has 0 unspecified atom stereocenters. The Morgan fingerprint density at radius 1 is 1.19 bits per heavy atom. The lowest BCUT2D eigenvalue weighted by Gasteiger charge is -2.07. The van der Waals surface area contributed by atoms with Crippen molar-refractivity contribution in [2.45, 2.75) is 32.1 Å². The van der Waals surface area contributed by atoms with E-state index in [4.69, 9.17) is 14.9 Å². The largest absolute Gasteiger partial charge is 0.456 e. The molecule has 2 heterocycles. The van der Waals surface area contributed by atoms with E-state index in [2.05, 4.69) is 10.3 Å². The van der Waals surface area contributed by atoms with Gasteiger partial charge >= 0.3 is 5.97 Å². The summed E-state index contributed by atoms with van der Waals surface area (Å²) in [7, 11) is 0. The molecule has 4 rings (SSSR count). The third-order valence-corrected chi connectivity index (χ3v) is 6.15. The number of aromatic nitrogens is 1. The number of aryl methyl sites for hydroxylation is 2. The van der Waals surface area contributed by atoms with Gasteiger partial charge in [0.1, 0.15) is 5.00 Å². The van der Waals surface area contributed by atoms with Crippen molar-refractivity contribution in [3.05, 3.63) is 58.4 Å². The number of carbonyl (C=O) groups excluding carboxylic acids is 3. The number of hydrogen-bond donors (Lipinski definition) is 2. The minimum atomic E-state index is -0.562. The summed E-state index contributed by atoms with van der Waals surface area (Å²) >= 11 is 1.35. The van der Waals surface area contributed by atoms with Gasteiger partial charge < -0.3 is 20.2 Å².